The molecule has 2 unspecified atom stereocenters. The highest BCUT2D eigenvalue weighted by Gasteiger charge is 2.55. The molecule has 0 radical (unpaired) electrons. The van der Waals surface area contributed by atoms with Crippen molar-refractivity contribution in [1.82, 2.24) is 5.32 Å². The van der Waals surface area contributed by atoms with Crippen LogP contribution >= 0.6 is 11.3 Å². The maximum absolute atomic E-state index is 3.79. The van der Waals surface area contributed by atoms with Gasteiger partial charge in [0, 0.05) is 16.3 Å². The Morgan fingerprint density at radius 3 is 2.67 bits per heavy atom. The molecule has 1 N–H and O–H groups in total. The number of nitrogens with one attached hydrogen (secondary N) is 1. The van der Waals surface area contributed by atoms with Gasteiger partial charge >= 0.3 is 0 Å². The van der Waals surface area contributed by atoms with Crippen LogP contribution in [0.1, 0.15) is 43.9 Å². The second kappa shape index (κ2) is 4.08. The zero-order valence-corrected chi connectivity index (χ0v) is 12.0. The van der Waals surface area contributed by atoms with Gasteiger partial charge in [-0.1, -0.05) is 13.0 Å². The largest absolute Gasteiger partial charge is 0.314 e. The van der Waals surface area contributed by atoms with Gasteiger partial charge in [0.05, 0.1) is 0 Å². The molecule has 18 heavy (non-hydrogen) atoms. The van der Waals surface area contributed by atoms with E-state index < -0.39 is 0 Å². The van der Waals surface area contributed by atoms with Gasteiger partial charge in [-0.2, -0.15) is 0 Å². The van der Waals surface area contributed by atoms with E-state index in [-0.39, 0.29) is 0 Å². The Kier molecular flexibility index (Phi) is 2.60. The molecule has 5 rings (SSSR count). The topological polar surface area (TPSA) is 12.0 Å². The standard InChI is InChI=1S/C16H23NS/c1-2-17-15-12-6-11-7-13(15)10-16(8-11,9-12)14-4-3-5-18-14/h3-5,11-13,15,17H,2,6-10H2,1H3. The van der Waals surface area contributed by atoms with Crippen molar-refractivity contribution in [1.29, 1.82) is 0 Å². The summed E-state index contributed by atoms with van der Waals surface area (Å²) < 4.78 is 0. The molecule has 4 bridgehead atoms. The summed E-state index contributed by atoms with van der Waals surface area (Å²) in [5, 5.41) is 6.07. The molecule has 2 atom stereocenters. The predicted molar refractivity (Wildman–Crippen MR) is 77.0 cm³/mol. The number of hydrogen-bond donors (Lipinski definition) is 1. The first-order chi connectivity index (χ1) is 8.81. The van der Waals surface area contributed by atoms with Crippen LogP contribution in [-0.2, 0) is 5.41 Å². The number of rotatable bonds is 3. The summed E-state index contributed by atoms with van der Waals surface area (Å²) in [4.78, 5) is 1.69. The van der Waals surface area contributed by atoms with Crippen LogP contribution in [0.3, 0.4) is 0 Å². The van der Waals surface area contributed by atoms with E-state index in [9.17, 15) is 0 Å². The van der Waals surface area contributed by atoms with Gasteiger partial charge in [0.25, 0.3) is 0 Å². The first kappa shape index (κ1) is 11.5. The second-order valence-corrected chi connectivity index (χ2v) is 7.76. The molecule has 0 aliphatic heterocycles. The van der Waals surface area contributed by atoms with Crippen molar-refractivity contribution in [2.75, 3.05) is 6.54 Å². The summed E-state index contributed by atoms with van der Waals surface area (Å²) in [5.74, 6) is 2.94. The monoisotopic (exact) mass is 261 g/mol. The summed E-state index contributed by atoms with van der Waals surface area (Å²) in [5.41, 5.74) is 0.580. The molecule has 4 saturated carbocycles. The molecule has 0 amide bonds. The molecular formula is C16H23NS. The first-order valence-corrected chi connectivity index (χ1v) is 8.46. The van der Waals surface area contributed by atoms with Crippen LogP contribution in [0.4, 0.5) is 0 Å². The van der Waals surface area contributed by atoms with E-state index in [0.29, 0.717) is 5.41 Å². The minimum Gasteiger partial charge on any atom is -0.314 e. The van der Waals surface area contributed by atoms with Gasteiger partial charge in [-0.05, 0) is 67.8 Å². The Balaban J connectivity index is 1.67. The average Bonchev–Trinajstić information content (AvgIpc) is 2.87. The lowest BCUT2D eigenvalue weighted by Crippen LogP contribution is -2.59. The molecular weight excluding hydrogens is 238 g/mol. The predicted octanol–water partition coefficient (Wildman–Crippen LogP) is 3.80. The first-order valence-electron chi connectivity index (χ1n) is 7.58. The van der Waals surface area contributed by atoms with Crippen LogP contribution in [-0.4, -0.2) is 12.6 Å². The fourth-order valence-corrected chi connectivity index (χ4v) is 6.44. The van der Waals surface area contributed by atoms with E-state index >= 15 is 0 Å². The third-order valence-electron chi connectivity index (χ3n) is 5.76. The van der Waals surface area contributed by atoms with Gasteiger partial charge in [-0.15, -0.1) is 11.3 Å². The third kappa shape index (κ3) is 1.55. The van der Waals surface area contributed by atoms with Crippen molar-refractivity contribution in [3.05, 3.63) is 22.4 Å². The fourth-order valence-electron chi connectivity index (χ4n) is 5.48. The van der Waals surface area contributed by atoms with Crippen molar-refractivity contribution in [3.8, 4) is 0 Å². The van der Waals surface area contributed by atoms with E-state index in [4.69, 9.17) is 0 Å². The molecule has 0 saturated heterocycles. The summed E-state index contributed by atoms with van der Waals surface area (Å²) in [6.07, 6.45) is 7.40. The Bertz CT molecular complexity index is 408. The van der Waals surface area contributed by atoms with Crippen LogP contribution in [0.2, 0.25) is 0 Å². The molecule has 1 aromatic rings. The summed E-state index contributed by atoms with van der Waals surface area (Å²) in [6.45, 7) is 3.41. The van der Waals surface area contributed by atoms with Crippen molar-refractivity contribution in [2.24, 2.45) is 17.8 Å². The van der Waals surface area contributed by atoms with E-state index in [1.54, 1.807) is 4.88 Å². The van der Waals surface area contributed by atoms with E-state index in [1.165, 1.54) is 32.1 Å². The Labute approximate surface area is 114 Å². The Hall–Kier alpha value is -0.340. The van der Waals surface area contributed by atoms with Crippen LogP contribution in [0.25, 0.3) is 0 Å². The molecule has 1 aromatic heterocycles. The Morgan fingerprint density at radius 1 is 1.28 bits per heavy atom. The van der Waals surface area contributed by atoms with Crippen molar-refractivity contribution in [2.45, 2.75) is 50.5 Å². The van der Waals surface area contributed by atoms with E-state index in [1.807, 2.05) is 11.3 Å². The van der Waals surface area contributed by atoms with Crippen molar-refractivity contribution >= 4 is 11.3 Å². The molecule has 1 heterocycles. The summed E-state index contributed by atoms with van der Waals surface area (Å²) >= 11 is 2.01. The van der Waals surface area contributed by atoms with E-state index in [2.05, 4.69) is 29.8 Å². The second-order valence-electron chi connectivity index (χ2n) is 6.81. The lowest BCUT2D eigenvalue weighted by molar-refractivity contribution is -0.0329. The van der Waals surface area contributed by atoms with Crippen LogP contribution in [0.5, 0.6) is 0 Å². The fraction of sp³-hybridized carbons (Fsp3) is 0.750. The van der Waals surface area contributed by atoms with Crippen molar-refractivity contribution in [3.63, 3.8) is 0 Å². The average molecular weight is 261 g/mol. The minimum absolute atomic E-state index is 0.580. The zero-order chi connectivity index (χ0) is 12.2. The van der Waals surface area contributed by atoms with E-state index in [0.717, 1.165) is 30.3 Å². The lowest BCUT2D eigenvalue weighted by atomic mass is 9.47. The van der Waals surface area contributed by atoms with Crippen LogP contribution < -0.4 is 5.32 Å². The maximum atomic E-state index is 3.79. The highest BCUT2D eigenvalue weighted by atomic mass is 32.1. The quantitative estimate of drug-likeness (QED) is 0.872. The molecule has 0 aromatic carbocycles. The van der Waals surface area contributed by atoms with Gasteiger partial charge in [0.1, 0.15) is 0 Å². The molecule has 98 valence electrons. The summed E-state index contributed by atoms with van der Waals surface area (Å²) in [7, 11) is 0. The van der Waals surface area contributed by atoms with Gasteiger partial charge in [-0.3, -0.25) is 0 Å². The molecule has 4 aliphatic rings. The SMILES string of the molecule is CCNC1C2CC3CC1CC(c1cccs1)(C3)C2. The van der Waals surface area contributed by atoms with Crippen LogP contribution in [0.15, 0.2) is 17.5 Å². The molecule has 1 nitrogen and oxygen atoms in total. The maximum Gasteiger partial charge on any atom is 0.0124 e. The lowest BCUT2D eigenvalue weighted by Gasteiger charge is -2.60. The molecule has 2 heteroatoms. The third-order valence-corrected chi connectivity index (χ3v) is 6.87. The zero-order valence-electron chi connectivity index (χ0n) is 11.2. The van der Waals surface area contributed by atoms with Gasteiger partial charge in [0.15, 0.2) is 0 Å². The number of thiophene rings is 1. The van der Waals surface area contributed by atoms with Gasteiger partial charge in [-0.25, -0.2) is 0 Å². The van der Waals surface area contributed by atoms with Crippen LogP contribution in [0, 0.1) is 17.8 Å². The minimum atomic E-state index is 0.580. The Morgan fingerprint density at radius 2 is 2.06 bits per heavy atom. The highest BCUT2D eigenvalue weighted by molar-refractivity contribution is 7.10. The highest BCUT2D eigenvalue weighted by Crippen LogP contribution is 2.61. The summed E-state index contributed by atoms with van der Waals surface area (Å²) in [6, 6.07) is 5.49. The smallest absolute Gasteiger partial charge is 0.0124 e. The normalized spacial score (nSPS) is 45.6. The molecule has 4 aliphatic carbocycles. The van der Waals surface area contributed by atoms with Crippen molar-refractivity contribution < 1.29 is 0 Å². The number of hydrogen-bond acceptors (Lipinski definition) is 2. The van der Waals surface area contributed by atoms with Gasteiger partial charge in [0.2, 0.25) is 0 Å². The molecule has 0 spiro atoms. The van der Waals surface area contributed by atoms with Gasteiger partial charge < -0.3 is 5.32 Å². The molecule has 4 fully saturated rings.